The molecular weight excluding hydrogens is 355 g/mol. The summed E-state index contributed by atoms with van der Waals surface area (Å²) in [7, 11) is 0. The summed E-state index contributed by atoms with van der Waals surface area (Å²) < 4.78 is 13.0. The van der Waals surface area contributed by atoms with Gasteiger partial charge >= 0.3 is 0 Å². The third kappa shape index (κ3) is 5.18. The van der Waals surface area contributed by atoms with Gasteiger partial charge in [0.25, 0.3) is 5.91 Å². The Morgan fingerprint density at radius 2 is 1.79 bits per heavy atom. The first-order chi connectivity index (χ1) is 13.6. The van der Waals surface area contributed by atoms with Crippen LogP contribution in [0.25, 0.3) is 0 Å². The van der Waals surface area contributed by atoms with Crippen LogP contribution in [0.4, 0.5) is 4.39 Å². The van der Waals surface area contributed by atoms with E-state index in [-0.39, 0.29) is 23.5 Å². The predicted molar refractivity (Wildman–Crippen MR) is 107 cm³/mol. The molecule has 2 aromatic rings. The van der Waals surface area contributed by atoms with Gasteiger partial charge in [0.1, 0.15) is 5.82 Å². The van der Waals surface area contributed by atoms with Crippen molar-refractivity contribution >= 4 is 11.8 Å². The third-order valence-corrected chi connectivity index (χ3v) is 5.57. The second kappa shape index (κ2) is 9.49. The van der Waals surface area contributed by atoms with Crippen LogP contribution in [0.1, 0.15) is 42.1 Å². The zero-order chi connectivity index (χ0) is 19.9. The minimum absolute atomic E-state index is 0.00982. The molecule has 1 heterocycles. The summed E-state index contributed by atoms with van der Waals surface area (Å²) in [5, 5.41) is 2.93. The minimum Gasteiger partial charge on any atom is -0.352 e. The molecule has 5 heteroatoms. The number of rotatable bonds is 6. The summed E-state index contributed by atoms with van der Waals surface area (Å²) in [6, 6.07) is 15.5. The topological polar surface area (TPSA) is 49.4 Å². The lowest BCUT2D eigenvalue weighted by Gasteiger charge is -2.38. The highest BCUT2D eigenvalue weighted by Crippen LogP contribution is 2.29. The van der Waals surface area contributed by atoms with Crippen LogP contribution in [0.15, 0.2) is 54.6 Å². The zero-order valence-electron chi connectivity index (χ0n) is 16.2. The number of nitrogens with one attached hydrogen (secondary N) is 1. The summed E-state index contributed by atoms with van der Waals surface area (Å²) >= 11 is 0. The van der Waals surface area contributed by atoms with Crippen LogP contribution in [-0.4, -0.2) is 29.8 Å². The predicted octanol–water partition coefficient (Wildman–Crippen LogP) is 4.02. The zero-order valence-corrected chi connectivity index (χ0v) is 16.2. The molecule has 0 unspecified atom stereocenters. The maximum Gasteiger partial charge on any atom is 0.253 e. The third-order valence-electron chi connectivity index (χ3n) is 5.57. The molecule has 2 atom stereocenters. The van der Waals surface area contributed by atoms with Crippen molar-refractivity contribution in [3.05, 3.63) is 71.5 Å². The van der Waals surface area contributed by atoms with Gasteiger partial charge in [0.05, 0.1) is 0 Å². The molecule has 148 valence electrons. The SMILES string of the molecule is CC[C@@H]1CN(C(=O)c2ccccc2)CC[C@H]1CC(=O)NCc1ccc(F)cc1. The maximum atomic E-state index is 13.0. The lowest BCUT2D eigenvalue weighted by molar-refractivity contribution is -0.123. The Hall–Kier alpha value is -2.69. The Kier molecular flexibility index (Phi) is 6.80. The van der Waals surface area contributed by atoms with Gasteiger partial charge in [-0.15, -0.1) is 0 Å². The number of carbonyl (C=O) groups excluding carboxylic acids is 2. The number of benzene rings is 2. The average Bonchev–Trinajstić information content (AvgIpc) is 2.73. The Balaban J connectivity index is 1.51. The number of hydrogen-bond donors (Lipinski definition) is 1. The van der Waals surface area contributed by atoms with E-state index in [2.05, 4.69) is 12.2 Å². The molecule has 1 aliphatic heterocycles. The van der Waals surface area contributed by atoms with E-state index in [9.17, 15) is 14.0 Å². The van der Waals surface area contributed by atoms with Crippen LogP contribution < -0.4 is 5.32 Å². The first-order valence-electron chi connectivity index (χ1n) is 9.92. The van der Waals surface area contributed by atoms with Crippen molar-refractivity contribution in [2.24, 2.45) is 11.8 Å². The number of nitrogens with zero attached hydrogens (tertiary/aromatic N) is 1. The minimum atomic E-state index is -0.280. The molecule has 1 saturated heterocycles. The van der Waals surface area contributed by atoms with E-state index in [1.807, 2.05) is 35.2 Å². The van der Waals surface area contributed by atoms with Crippen LogP contribution >= 0.6 is 0 Å². The van der Waals surface area contributed by atoms with Gasteiger partial charge in [-0.25, -0.2) is 4.39 Å². The van der Waals surface area contributed by atoms with Crippen molar-refractivity contribution in [1.82, 2.24) is 10.2 Å². The Morgan fingerprint density at radius 1 is 1.07 bits per heavy atom. The Morgan fingerprint density at radius 3 is 2.46 bits per heavy atom. The second-order valence-corrected chi connectivity index (χ2v) is 7.44. The largest absolute Gasteiger partial charge is 0.352 e. The number of halogens is 1. The van der Waals surface area contributed by atoms with Crippen molar-refractivity contribution in [3.63, 3.8) is 0 Å². The fraction of sp³-hybridized carbons (Fsp3) is 0.391. The van der Waals surface area contributed by atoms with E-state index in [0.29, 0.717) is 37.5 Å². The molecule has 4 nitrogen and oxygen atoms in total. The van der Waals surface area contributed by atoms with Crippen LogP contribution in [0.2, 0.25) is 0 Å². The molecule has 3 rings (SSSR count). The highest BCUT2D eigenvalue weighted by molar-refractivity contribution is 5.94. The normalized spacial score (nSPS) is 19.3. The molecule has 0 bridgehead atoms. The molecule has 1 N–H and O–H groups in total. The van der Waals surface area contributed by atoms with Crippen LogP contribution in [0.5, 0.6) is 0 Å². The fourth-order valence-corrected chi connectivity index (χ4v) is 3.87. The maximum absolute atomic E-state index is 13.0. The smallest absolute Gasteiger partial charge is 0.253 e. The molecule has 0 aromatic heterocycles. The second-order valence-electron chi connectivity index (χ2n) is 7.44. The van der Waals surface area contributed by atoms with Gasteiger partial charge in [-0.1, -0.05) is 43.7 Å². The number of piperidine rings is 1. The molecule has 0 spiro atoms. The molecular formula is C23H27FN2O2. The van der Waals surface area contributed by atoms with Crippen molar-refractivity contribution in [3.8, 4) is 0 Å². The van der Waals surface area contributed by atoms with E-state index in [0.717, 1.165) is 18.4 Å². The number of amides is 2. The van der Waals surface area contributed by atoms with Gasteiger partial charge in [0, 0.05) is 31.6 Å². The molecule has 0 radical (unpaired) electrons. The average molecular weight is 382 g/mol. The number of likely N-dealkylation sites (tertiary alicyclic amines) is 1. The summed E-state index contributed by atoms with van der Waals surface area (Å²) in [5.74, 6) is 0.391. The van der Waals surface area contributed by atoms with E-state index < -0.39 is 0 Å². The van der Waals surface area contributed by atoms with Gasteiger partial charge in [-0.2, -0.15) is 0 Å². The quantitative estimate of drug-likeness (QED) is 0.820. The van der Waals surface area contributed by atoms with Gasteiger partial charge < -0.3 is 10.2 Å². The number of hydrogen-bond acceptors (Lipinski definition) is 2. The van der Waals surface area contributed by atoms with Gasteiger partial charge in [-0.3, -0.25) is 9.59 Å². The van der Waals surface area contributed by atoms with Crippen LogP contribution in [0, 0.1) is 17.7 Å². The molecule has 2 aromatic carbocycles. The molecule has 2 amide bonds. The van der Waals surface area contributed by atoms with Crippen molar-refractivity contribution in [1.29, 1.82) is 0 Å². The van der Waals surface area contributed by atoms with Crippen molar-refractivity contribution in [2.75, 3.05) is 13.1 Å². The van der Waals surface area contributed by atoms with Gasteiger partial charge in [0.2, 0.25) is 5.91 Å². The number of carbonyl (C=O) groups is 2. The van der Waals surface area contributed by atoms with Crippen molar-refractivity contribution in [2.45, 2.75) is 32.7 Å². The van der Waals surface area contributed by atoms with E-state index in [1.165, 1.54) is 12.1 Å². The summed E-state index contributed by atoms with van der Waals surface area (Å²) in [6.45, 7) is 3.89. The lowest BCUT2D eigenvalue weighted by Crippen LogP contribution is -2.44. The first-order valence-corrected chi connectivity index (χ1v) is 9.92. The molecule has 0 aliphatic carbocycles. The van der Waals surface area contributed by atoms with E-state index >= 15 is 0 Å². The molecule has 0 saturated carbocycles. The molecule has 1 aliphatic rings. The lowest BCUT2D eigenvalue weighted by atomic mass is 9.81. The summed E-state index contributed by atoms with van der Waals surface area (Å²) in [4.78, 5) is 27.0. The van der Waals surface area contributed by atoms with Crippen LogP contribution in [-0.2, 0) is 11.3 Å². The Labute approximate surface area is 165 Å². The molecule has 28 heavy (non-hydrogen) atoms. The van der Waals surface area contributed by atoms with E-state index in [1.54, 1.807) is 12.1 Å². The van der Waals surface area contributed by atoms with E-state index in [4.69, 9.17) is 0 Å². The fourth-order valence-electron chi connectivity index (χ4n) is 3.87. The van der Waals surface area contributed by atoms with Gasteiger partial charge in [-0.05, 0) is 48.1 Å². The van der Waals surface area contributed by atoms with Gasteiger partial charge in [0.15, 0.2) is 0 Å². The summed E-state index contributed by atoms with van der Waals surface area (Å²) in [6.07, 6.45) is 2.24. The molecule has 1 fully saturated rings. The highest BCUT2D eigenvalue weighted by Gasteiger charge is 2.31. The summed E-state index contributed by atoms with van der Waals surface area (Å²) in [5.41, 5.74) is 1.60. The van der Waals surface area contributed by atoms with Crippen LogP contribution in [0.3, 0.4) is 0 Å². The Bertz CT molecular complexity index is 792. The van der Waals surface area contributed by atoms with Crippen molar-refractivity contribution < 1.29 is 14.0 Å². The monoisotopic (exact) mass is 382 g/mol. The standard InChI is InChI=1S/C23H27FN2O2/c1-2-18-16-26(23(28)19-6-4-3-5-7-19)13-12-20(18)14-22(27)25-15-17-8-10-21(24)11-9-17/h3-11,18,20H,2,12-16H2,1H3,(H,25,27)/t18-,20+/m1/s1. The first kappa shape index (κ1) is 20.1. The highest BCUT2D eigenvalue weighted by atomic mass is 19.1.